The molecule has 9 nitrogen and oxygen atoms in total. The molecular formula is C15H29N7O2S. The molecule has 1 fully saturated rings. The zero-order valence-corrected chi connectivity index (χ0v) is 16.1. The summed E-state index contributed by atoms with van der Waals surface area (Å²) in [5.41, 5.74) is 0. The third-order valence-electron chi connectivity index (χ3n) is 4.32. The summed E-state index contributed by atoms with van der Waals surface area (Å²) < 4.78 is 28.5. The van der Waals surface area contributed by atoms with E-state index in [2.05, 4.69) is 25.1 Å². The van der Waals surface area contributed by atoms with Gasteiger partial charge in [0.15, 0.2) is 5.96 Å². The molecule has 1 aliphatic rings. The summed E-state index contributed by atoms with van der Waals surface area (Å²) in [6.07, 6.45) is 4.96. The Balaban J connectivity index is 1.86. The van der Waals surface area contributed by atoms with Crippen molar-refractivity contribution in [3.63, 3.8) is 0 Å². The zero-order chi connectivity index (χ0) is 18.3. The molecule has 1 aromatic rings. The fourth-order valence-electron chi connectivity index (χ4n) is 2.51. The monoisotopic (exact) mass is 371 g/mol. The van der Waals surface area contributed by atoms with Crippen LogP contribution in [0.5, 0.6) is 0 Å². The number of guanidine groups is 1. The van der Waals surface area contributed by atoms with Crippen LogP contribution in [0.1, 0.15) is 32.0 Å². The summed E-state index contributed by atoms with van der Waals surface area (Å²) in [7, 11) is 0.447. The molecule has 0 saturated heterocycles. The van der Waals surface area contributed by atoms with Crippen molar-refractivity contribution in [1.82, 2.24) is 29.7 Å². The standard InChI is InChI=1S/C15H29N7O2S/c1-4-16-15(21(2)11-14-18-12-19-22(14)3)17-8-9-25(23,24)20-10-13-6-5-7-13/h12-13,20H,4-11H2,1-3H3,(H,16,17). The number of nitrogens with zero attached hydrogens (tertiary/aromatic N) is 5. The van der Waals surface area contributed by atoms with Crippen LogP contribution < -0.4 is 10.0 Å². The summed E-state index contributed by atoms with van der Waals surface area (Å²) >= 11 is 0. The Kier molecular flexibility index (Phi) is 7.18. The van der Waals surface area contributed by atoms with Crippen LogP contribution in [0, 0.1) is 5.92 Å². The number of aromatic nitrogens is 3. The summed E-state index contributed by atoms with van der Waals surface area (Å²) in [6, 6.07) is 0. The van der Waals surface area contributed by atoms with Crippen molar-refractivity contribution in [2.24, 2.45) is 18.0 Å². The van der Waals surface area contributed by atoms with E-state index in [-0.39, 0.29) is 12.3 Å². The molecule has 2 rings (SSSR count). The van der Waals surface area contributed by atoms with Gasteiger partial charge in [-0.25, -0.2) is 18.1 Å². The molecule has 1 aliphatic carbocycles. The first-order valence-corrected chi connectivity index (χ1v) is 10.4. The predicted octanol–water partition coefficient (Wildman–Crippen LogP) is -0.0681. The van der Waals surface area contributed by atoms with E-state index in [9.17, 15) is 8.42 Å². The van der Waals surface area contributed by atoms with Gasteiger partial charge >= 0.3 is 0 Å². The SMILES string of the molecule is CCNC(=NCCS(=O)(=O)NCC1CCC1)N(C)Cc1ncnn1C. The normalized spacial score (nSPS) is 15.9. The summed E-state index contributed by atoms with van der Waals surface area (Å²) in [4.78, 5) is 10.5. The van der Waals surface area contributed by atoms with Crippen molar-refractivity contribution in [3.05, 3.63) is 12.2 Å². The molecule has 0 unspecified atom stereocenters. The Hall–Kier alpha value is -1.68. The fourth-order valence-corrected chi connectivity index (χ4v) is 3.47. The van der Waals surface area contributed by atoms with Crippen LogP contribution in [-0.4, -0.2) is 66.5 Å². The minimum absolute atomic E-state index is 0.00753. The molecule has 0 spiro atoms. The second kappa shape index (κ2) is 9.14. The Morgan fingerprint density at radius 1 is 1.48 bits per heavy atom. The highest BCUT2D eigenvalue weighted by Gasteiger charge is 2.20. The van der Waals surface area contributed by atoms with Crippen LogP contribution in [0.4, 0.5) is 0 Å². The van der Waals surface area contributed by atoms with Gasteiger partial charge in [-0.2, -0.15) is 5.10 Å². The van der Waals surface area contributed by atoms with Gasteiger partial charge in [-0.3, -0.25) is 9.67 Å². The third-order valence-corrected chi connectivity index (χ3v) is 5.64. The van der Waals surface area contributed by atoms with Crippen LogP contribution in [0.2, 0.25) is 0 Å². The van der Waals surface area contributed by atoms with E-state index < -0.39 is 10.0 Å². The van der Waals surface area contributed by atoms with E-state index in [0.717, 1.165) is 18.7 Å². The van der Waals surface area contributed by atoms with Crippen LogP contribution in [0.25, 0.3) is 0 Å². The Morgan fingerprint density at radius 2 is 2.24 bits per heavy atom. The molecule has 25 heavy (non-hydrogen) atoms. The minimum Gasteiger partial charge on any atom is -0.357 e. The van der Waals surface area contributed by atoms with Crippen molar-refractivity contribution >= 4 is 16.0 Å². The van der Waals surface area contributed by atoms with E-state index in [1.54, 1.807) is 4.68 Å². The first kappa shape index (κ1) is 19.6. The van der Waals surface area contributed by atoms with Crippen LogP contribution in [0.15, 0.2) is 11.3 Å². The number of aryl methyl sites for hydroxylation is 1. The van der Waals surface area contributed by atoms with Crippen LogP contribution in [-0.2, 0) is 23.6 Å². The van der Waals surface area contributed by atoms with Gasteiger partial charge in [-0.1, -0.05) is 6.42 Å². The van der Waals surface area contributed by atoms with Crippen molar-refractivity contribution < 1.29 is 8.42 Å². The van der Waals surface area contributed by atoms with Gasteiger partial charge in [0.1, 0.15) is 12.2 Å². The Morgan fingerprint density at radius 3 is 2.80 bits per heavy atom. The highest BCUT2D eigenvalue weighted by Crippen LogP contribution is 2.25. The molecule has 1 heterocycles. The lowest BCUT2D eigenvalue weighted by molar-refractivity contribution is 0.316. The molecule has 0 radical (unpaired) electrons. The molecule has 0 amide bonds. The summed E-state index contributed by atoms with van der Waals surface area (Å²) in [5, 5.41) is 7.22. The lowest BCUT2D eigenvalue weighted by Gasteiger charge is -2.25. The molecular weight excluding hydrogens is 342 g/mol. The van der Waals surface area contributed by atoms with E-state index in [1.807, 2.05) is 25.9 Å². The van der Waals surface area contributed by atoms with Gasteiger partial charge in [0, 0.05) is 27.2 Å². The molecule has 2 N–H and O–H groups in total. The van der Waals surface area contributed by atoms with Gasteiger partial charge in [-0.15, -0.1) is 0 Å². The van der Waals surface area contributed by atoms with Gasteiger partial charge in [-0.05, 0) is 25.7 Å². The molecule has 1 aromatic heterocycles. The maximum atomic E-state index is 12.0. The highest BCUT2D eigenvalue weighted by atomic mass is 32.2. The molecule has 142 valence electrons. The molecule has 0 aromatic carbocycles. The number of aliphatic imine (C=N–C) groups is 1. The zero-order valence-electron chi connectivity index (χ0n) is 15.3. The molecule has 0 bridgehead atoms. The molecule has 0 atom stereocenters. The van der Waals surface area contributed by atoms with E-state index in [1.165, 1.54) is 12.7 Å². The van der Waals surface area contributed by atoms with Crippen molar-refractivity contribution in [2.45, 2.75) is 32.7 Å². The van der Waals surface area contributed by atoms with Gasteiger partial charge < -0.3 is 10.2 Å². The lowest BCUT2D eigenvalue weighted by Crippen LogP contribution is -2.39. The highest BCUT2D eigenvalue weighted by molar-refractivity contribution is 7.89. The van der Waals surface area contributed by atoms with Crippen molar-refractivity contribution in [2.75, 3.05) is 32.4 Å². The van der Waals surface area contributed by atoms with Crippen molar-refractivity contribution in [3.8, 4) is 0 Å². The molecule has 10 heteroatoms. The minimum atomic E-state index is -3.28. The summed E-state index contributed by atoms with van der Waals surface area (Å²) in [6.45, 7) is 3.98. The summed E-state index contributed by atoms with van der Waals surface area (Å²) in [5.74, 6) is 1.96. The van der Waals surface area contributed by atoms with E-state index >= 15 is 0 Å². The second-order valence-corrected chi connectivity index (χ2v) is 8.28. The maximum absolute atomic E-state index is 12.0. The van der Waals surface area contributed by atoms with Gasteiger partial charge in [0.2, 0.25) is 10.0 Å². The molecule has 0 aliphatic heterocycles. The van der Waals surface area contributed by atoms with Gasteiger partial charge in [0.25, 0.3) is 0 Å². The number of sulfonamides is 1. The van der Waals surface area contributed by atoms with E-state index in [0.29, 0.717) is 31.5 Å². The molecule has 1 saturated carbocycles. The smallest absolute Gasteiger partial charge is 0.213 e. The first-order valence-electron chi connectivity index (χ1n) is 8.71. The Bertz CT molecular complexity index is 667. The maximum Gasteiger partial charge on any atom is 0.213 e. The van der Waals surface area contributed by atoms with Crippen molar-refractivity contribution in [1.29, 1.82) is 0 Å². The number of hydrogen-bond acceptors (Lipinski definition) is 5. The quantitative estimate of drug-likeness (QED) is 0.465. The first-order chi connectivity index (χ1) is 11.9. The third kappa shape index (κ3) is 6.28. The number of rotatable bonds is 9. The fraction of sp³-hybridized carbons (Fsp3) is 0.800. The Labute approximate surface area is 150 Å². The number of hydrogen-bond donors (Lipinski definition) is 2. The van der Waals surface area contributed by atoms with Gasteiger partial charge in [0.05, 0.1) is 18.8 Å². The largest absolute Gasteiger partial charge is 0.357 e. The lowest BCUT2D eigenvalue weighted by atomic mass is 9.86. The van der Waals surface area contributed by atoms with Crippen LogP contribution >= 0.6 is 0 Å². The average molecular weight is 372 g/mol. The average Bonchev–Trinajstić information content (AvgIpc) is 2.89. The van der Waals surface area contributed by atoms with E-state index in [4.69, 9.17) is 0 Å². The topological polar surface area (TPSA) is 105 Å². The van der Waals surface area contributed by atoms with Crippen LogP contribution in [0.3, 0.4) is 0 Å². The number of nitrogens with one attached hydrogen (secondary N) is 2. The predicted molar refractivity (Wildman–Crippen MR) is 97.6 cm³/mol. The second-order valence-electron chi connectivity index (χ2n) is 6.36.